The molecule has 1 saturated heterocycles. The van der Waals surface area contributed by atoms with Gasteiger partial charge in [0, 0.05) is 37.6 Å². The van der Waals surface area contributed by atoms with Crippen molar-refractivity contribution in [1.29, 1.82) is 0 Å². The Morgan fingerprint density at radius 3 is 2.86 bits per heavy atom. The highest BCUT2D eigenvalue weighted by molar-refractivity contribution is 6.06. The first-order chi connectivity index (χ1) is 10.6. The van der Waals surface area contributed by atoms with Crippen molar-refractivity contribution in [1.82, 2.24) is 14.8 Å². The molecule has 5 nitrogen and oxygen atoms in total. The van der Waals surface area contributed by atoms with Gasteiger partial charge < -0.3 is 14.8 Å². The molecule has 1 atom stereocenters. The van der Waals surface area contributed by atoms with Crippen LogP contribution < -0.4 is 10.9 Å². The van der Waals surface area contributed by atoms with E-state index in [9.17, 15) is 9.59 Å². The molecule has 2 heterocycles. The fraction of sp³-hybridized carbons (Fsp3) is 0.412. The number of pyridine rings is 1. The molecule has 2 aromatic rings. The van der Waals surface area contributed by atoms with Crippen LogP contribution in [0.2, 0.25) is 0 Å². The maximum atomic E-state index is 12.9. The van der Waals surface area contributed by atoms with Crippen LogP contribution in [-0.4, -0.2) is 41.6 Å². The average molecular weight is 299 g/mol. The van der Waals surface area contributed by atoms with Crippen molar-refractivity contribution in [2.24, 2.45) is 7.05 Å². The predicted octanol–water partition coefficient (Wildman–Crippen LogP) is 1.36. The van der Waals surface area contributed by atoms with Gasteiger partial charge in [0.2, 0.25) is 0 Å². The number of rotatable bonds is 2. The highest BCUT2D eigenvalue weighted by Gasteiger charge is 2.25. The second-order valence-electron chi connectivity index (χ2n) is 5.85. The Balaban J connectivity index is 2.04. The van der Waals surface area contributed by atoms with Gasteiger partial charge in [-0.25, -0.2) is 0 Å². The molecule has 1 fully saturated rings. The number of hydrogen-bond acceptors (Lipinski definition) is 3. The molecule has 0 radical (unpaired) electrons. The minimum atomic E-state index is -0.149. The molecular formula is C17H21N3O2. The number of nitrogens with one attached hydrogen (secondary N) is 1. The lowest BCUT2D eigenvalue weighted by molar-refractivity contribution is 0.0700. The van der Waals surface area contributed by atoms with Crippen LogP contribution in [0.1, 0.15) is 23.2 Å². The van der Waals surface area contributed by atoms with E-state index in [-0.39, 0.29) is 11.5 Å². The zero-order chi connectivity index (χ0) is 15.7. The lowest BCUT2D eigenvalue weighted by atomic mass is 10.0. The van der Waals surface area contributed by atoms with Crippen LogP contribution in [0.5, 0.6) is 0 Å². The molecule has 3 rings (SSSR count). The molecule has 1 amide bonds. The van der Waals surface area contributed by atoms with Crippen molar-refractivity contribution in [3.8, 4) is 0 Å². The number of fused-ring (bicyclic) bond motifs is 1. The Bertz CT molecular complexity index is 766. The summed E-state index contributed by atoms with van der Waals surface area (Å²) in [5, 5.41) is 4.07. The zero-order valence-corrected chi connectivity index (χ0v) is 13.0. The Kier molecular flexibility index (Phi) is 3.98. The quantitative estimate of drug-likeness (QED) is 0.911. The highest BCUT2D eigenvalue weighted by Crippen LogP contribution is 2.20. The molecule has 0 bridgehead atoms. The zero-order valence-electron chi connectivity index (χ0n) is 13.0. The van der Waals surface area contributed by atoms with Crippen molar-refractivity contribution < 1.29 is 4.79 Å². The number of benzene rings is 1. The van der Waals surface area contributed by atoms with Crippen LogP contribution in [-0.2, 0) is 7.05 Å². The van der Waals surface area contributed by atoms with Crippen LogP contribution in [0.25, 0.3) is 10.9 Å². The third-order valence-electron chi connectivity index (χ3n) is 4.50. The van der Waals surface area contributed by atoms with E-state index in [2.05, 4.69) is 5.32 Å². The average Bonchev–Trinajstić information content (AvgIpc) is 2.57. The molecule has 0 saturated carbocycles. The number of amides is 1. The number of nitrogens with zero attached hydrogens (tertiary/aromatic N) is 2. The van der Waals surface area contributed by atoms with Gasteiger partial charge in [0.05, 0.1) is 11.1 Å². The molecule has 1 aliphatic rings. The lowest BCUT2D eigenvalue weighted by Gasteiger charge is -2.32. The maximum absolute atomic E-state index is 12.9. The molecule has 22 heavy (non-hydrogen) atoms. The van der Waals surface area contributed by atoms with Crippen molar-refractivity contribution in [3.05, 3.63) is 46.2 Å². The molecule has 1 aromatic heterocycles. The first-order valence-electron chi connectivity index (χ1n) is 7.67. The summed E-state index contributed by atoms with van der Waals surface area (Å²) < 4.78 is 1.58. The minimum Gasteiger partial charge on any atom is -0.337 e. The Hall–Kier alpha value is -2.14. The summed E-state index contributed by atoms with van der Waals surface area (Å²) in [4.78, 5) is 26.9. The summed E-state index contributed by atoms with van der Waals surface area (Å²) in [6.45, 7) is 1.44. The van der Waals surface area contributed by atoms with Crippen LogP contribution in [0.3, 0.4) is 0 Å². The Morgan fingerprint density at radius 1 is 1.32 bits per heavy atom. The number of likely N-dealkylation sites (N-methyl/N-ethyl adjacent to an activating group) is 1. The monoisotopic (exact) mass is 299 g/mol. The molecule has 1 unspecified atom stereocenters. The van der Waals surface area contributed by atoms with Crippen molar-refractivity contribution in [2.75, 3.05) is 20.1 Å². The Labute approximate surface area is 129 Å². The van der Waals surface area contributed by atoms with Gasteiger partial charge in [-0.1, -0.05) is 18.2 Å². The van der Waals surface area contributed by atoms with E-state index in [1.54, 1.807) is 11.6 Å². The van der Waals surface area contributed by atoms with E-state index in [0.29, 0.717) is 18.2 Å². The number of hydrogen-bond donors (Lipinski definition) is 1. The largest absolute Gasteiger partial charge is 0.337 e. The van der Waals surface area contributed by atoms with Crippen molar-refractivity contribution in [3.63, 3.8) is 0 Å². The van der Waals surface area contributed by atoms with E-state index in [1.807, 2.05) is 36.2 Å². The number of aryl methyl sites for hydroxylation is 1. The van der Waals surface area contributed by atoms with Gasteiger partial charge in [0.25, 0.3) is 11.5 Å². The SMILES string of the molecule is CNC1CCCN(C(=O)c2cc(=O)n(C)c3ccccc23)C1. The summed E-state index contributed by atoms with van der Waals surface area (Å²) in [5.74, 6) is -0.0474. The van der Waals surface area contributed by atoms with E-state index in [4.69, 9.17) is 0 Å². The van der Waals surface area contributed by atoms with Crippen LogP contribution in [0.15, 0.2) is 35.1 Å². The topological polar surface area (TPSA) is 54.3 Å². The van der Waals surface area contributed by atoms with E-state index in [0.717, 1.165) is 30.3 Å². The minimum absolute atomic E-state index is 0.0474. The van der Waals surface area contributed by atoms with Crippen LogP contribution >= 0.6 is 0 Å². The summed E-state index contributed by atoms with van der Waals surface area (Å²) in [6, 6.07) is 9.36. The summed E-state index contributed by atoms with van der Waals surface area (Å²) in [6.07, 6.45) is 2.07. The molecule has 0 aliphatic carbocycles. The molecule has 1 aliphatic heterocycles. The van der Waals surface area contributed by atoms with Crippen LogP contribution in [0.4, 0.5) is 0 Å². The van der Waals surface area contributed by atoms with Crippen molar-refractivity contribution >= 4 is 16.8 Å². The molecular weight excluding hydrogens is 278 g/mol. The first-order valence-corrected chi connectivity index (χ1v) is 7.67. The molecule has 116 valence electrons. The Morgan fingerprint density at radius 2 is 2.09 bits per heavy atom. The normalized spacial score (nSPS) is 18.6. The molecule has 1 N–H and O–H groups in total. The molecule has 5 heteroatoms. The van der Waals surface area contributed by atoms with E-state index >= 15 is 0 Å². The summed E-state index contributed by atoms with van der Waals surface area (Å²) in [7, 11) is 3.66. The second kappa shape index (κ2) is 5.93. The van der Waals surface area contributed by atoms with Gasteiger partial charge in [-0.3, -0.25) is 9.59 Å². The number of piperidine rings is 1. The van der Waals surface area contributed by atoms with Gasteiger partial charge in [-0.05, 0) is 26.0 Å². The van der Waals surface area contributed by atoms with Gasteiger partial charge in [-0.2, -0.15) is 0 Å². The summed E-state index contributed by atoms with van der Waals surface area (Å²) >= 11 is 0. The fourth-order valence-corrected chi connectivity index (χ4v) is 3.16. The first kappa shape index (κ1) is 14.8. The van der Waals surface area contributed by atoms with Gasteiger partial charge in [0.15, 0.2) is 0 Å². The third kappa shape index (κ3) is 2.52. The van der Waals surface area contributed by atoms with Gasteiger partial charge in [-0.15, -0.1) is 0 Å². The highest BCUT2D eigenvalue weighted by atomic mass is 16.2. The molecule has 1 aromatic carbocycles. The van der Waals surface area contributed by atoms with E-state index in [1.165, 1.54) is 6.07 Å². The lowest BCUT2D eigenvalue weighted by Crippen LogP contribution is -2.47. The standard InChI is InChI=1S/C17H21N3O2/c1-18-12-6-5-9-20(11-12)17(22)14-10-16(21)19(2)15-8-4-3-7-13(14)15/h3-4,7-8,10,12,18H,5-6,9,11H2,1-2H3. The number of carbonyl (C=O) groups excluding carboxylic acids is 1. The second-order valence-corrected chi connectivity index (χ2v) is 5.85. The molecule has 0 spiro atoms. The number of aromatic nitrogens is 1. The smallest absolute Gasteiger partial charge is 0.254 e. The number of para-hydroxylation sites is 1. The van der Waals surface area contributed by atoms with Gasteiger partial charge in [0.1, 0.15) is 0 Å². The van der Waals surface area contributed by atoms with Crippen molar-refractivity contribution in [2.45, 2.75) is 18.9 Å². The van der Waals surface area contributed by atoms with Crippen LogP contribution in [0, 0.1) is 0 Å². The number of carbonyl (C=O) groups is 1. The van der Waals surface area contributed by atoms with Gasteiger partial charge >= 0.3 is 0 Å². The fourth-order valence-electron chi connectivity index (χ4n) is 3.16. The summed E-state index contributed by atoms with van der Waals surface area (Å²) in [5.41, 5.74) is 1.15. The predicted molar refractivity (Wildman–Crippen MR) is 87.2 cm³/mol. The van der Waals surface area contributed by atoms with E-state index < -0.39 is 0 Å². The third-order valence-corrected chi connectivity index (χ3v) is 4.50. The number of likely N-dealkylation sites (tertiary alicyclic amines) is 1. The maximum Gasteiger partial charge on any atom is 0.254 e.